The van der Waals surface area contributed by atoms with Gasteiger partial charge in [0, 0.05) is 20.2 Å². The van der Waals surface area contributed by atoms with Crippen molar-refractivity contribution in [2.45, 2.75) is 18.9 Å². The summed E-state index contributed by atoms with van der Waals surface area (Å²) in [6.07, 6.45) is 2.32. The normalized spacial score (nSPS) is 18.8. The van der Waals surface area contributed by atoms with Crippen molar-refractivity contribution >= 4 is 45.5 Å². The summed E-state index contributed by atoms with van der Waals surface area (Å²) in [5.74, 6) is 0.0699. The van der Waals surface area contributed by atoms with Gasteiger partial charge in [-0.1, -0.05) is 12.1 Å². The highest BCUT2D eigenvalue weighted by Crippen LogP contribution is 2.34. The van der Waals surface area contributed by atoms with Gasteiger partial charge in [0.25, 0.3) is 0 Å². The number of amides is 1. The molecule has 0 radical (unpaired) electrons. The number of halogens is 1. The summed E-state index contributed by atoms with van der Waals surface area (Å²) in [6, 6.07) is 12.6. The molecule has 1 aromatic heterocycles. The highest BCUT2D eigenvalue weighted by molar-refractivity contribution is 14.1. The fourth-order valence-electron chi connectivity index (χ4n) is 2.77. The Hall–Kier alpha value is -0.920. The highest BCUT2D eigenvalue weighted by atomic mass is 127. The number of thiophene rings is 1. The van der Waals surface area contributed by atoms with Crippen LogP contribution in [0.2, 0.25) is 0 Å². The average molecular weight is 412 g/mol. The second-order valence-corrected chi connectivity index (χ2v) is 7.43. The third kappa shape index (κ3) is 3.84. The minimum atomic E-state index is 0.0699. The van der Waals surface area contributed by atoms with E-state index in [1.807, 2.05) is 24.3 Å². The maximum atomic E-state index is 12.2. The molecule has 1 aliphatic rings. The Balaban J connectivity index is 1.62. The Bertz CT molecular complexity index is 614. The van der Waals surface area contributed by atoms with E-state index in [9.17, 15) is 4.79 Å². The van der Waals surface area contributed by atoms with E-state index in [0.29, 0.717) is 12.6 Å². The van der Waals surface area contributed by atoms with E-state index in [2.05, 4.69) is 50.3 Å². The van der Waals surface area contributed by atoms with Crippen molar-refractivity contribution in [1.29, 1.82) is 0 Å². The molecule has 21 heavy (non-hydrogen) atoms. The van der Waals surface area contributed by atoms with Gasteiger partial charge in [-0.3, -0.25) is 9.69 Å². The van der Waals surface area contributed by atoms with Gasteiger partial charge >= 0.3 is 0 Å². The molecule has 1 amide bonds. The van der Waals surface area contributed by atoms with E-state index in [-0.39, 0.29) is 5.91 Å². The molecule has 1 aromatic carbocycles. The lowest BCUT2D eigenvalue weighted by Gasteiger charge is -2.22. The second-order valence-electron chi connectivity index (χ2n) is 5.20. The Morgan fingerprint density at radius 3 is 3.05 bits per heavy atom. The van der Waals surface area contributed by atoms with Crippen LogP contribution in [0.4, 0.5) is 5.69 Å². The quantitative estimate of drug-likeness (QED) is 0.767. The number of benzene rings is 1. The van der Waals surface area contributed by atoms with Gasteiger partial charge in [-0.15, -0.1) is 11.3 Å². The molecule has 5 heteroatoms. The van der Waals surface area contributed by atoms with Crippen molar-refractivity contribution in [3.8, 4) is 0 Å². The predicted octanol–water partition coefficient (Wildman–Crippen LogP) is 4.13. The first-order valence-corrected chi connectivity index (χ1v) is 9.01. The fourth-order valence-corrected chi connectivity index (χ4v) is 4.21. The minimum absolute atomic E-state index is 0.0699. The molecule has 3 nitrogen and oxygen atoms in total. The van der Waals surface area contributed by atoms with E-state index in [1.54, 1.807) is 11.3 Å². The number of hydrogen-bond donors (Lipinski definition) is 1. The Morgan fingerprint density at radius 1 is 1.38 bits per heavy atom. The van der Waals surface area contributed by atoms with E-state index < -0.39 is 0 Å². The molecule has 0 unspecified atom stereocenters. The van der Waals surface area contributed by atoms with Gasteiger partial charge < -0.3 is 5.32 Å². The molecule has 0 saturated carbocycles. The third-order valence-electron chi connectivity index (χ3n) is 3.69. The third-order valence-corrected chi connectivity index (χ3v) is 5.33. The molecule has 110 valence electrons. The standard InChI is InChI=1S/C16H17IN2OS/c17-12-4-1-5-13(10-12)18-16(20)11-19-8-2-6-14(19)15-7-3-9-21-15/h1,3-5,7,9-10,14H,2,6,8,11H2,(H,18,20)/t14-/m1/s1. The largest absolute Gasteiger partial charge is 0.325 e. The van der Waals surface area contributed by atoms with Crippen LogP contribution in [-0.2, 0) is 4.79 Å². The zero-order valence-corrected chi connectivity index (χ0v) is 14.6. The summed E-state index contributed by atoms with van der Waals surface area (Å²) in [5, 5.41) is 5.10. The van der Waals surface area contributed by atoms with Crippen molar-refractivity contribution in [3.63, 3.8) is 0 Å². The van der Waals surface area contributed by atoms with Crippen LogP contribution in [0, 0.1) is 3.57 Å². The molecule has 0 bridgehead atoms. The molecule has 1 atom stereocenters. The maximum Gasteiger partial charge on any atom is 0.238 e. The highest BCUT2D eigenvalue weighted by Gasteiger charge is 2.28. The van der Waals surface area contributed by atoms with Crippen molar-refractivity contribution < 1.29 is 4.79 Å². The molecular formula is C16H17IN2OS. The minimum Gasteiger partial charge on any atom is -0.325 e. The van der Waals surface area contributed by atoms with Gasteiger partial charge in [0.15, 0.2) is 0 Å². The van der Waals surface area contributed by atoms with E-state index in [4.69, 9.17) is 0 Å². The van der Waals surface area contributed by atoms with Crippen LogP contribution < -0.4 is 5.32 Å². The van der Waals surface area contributed by atoms with Crippen LogP contribution in [0.3, 0.4) is 0 Å². The van der Waals surface area contributed by atoms with Crippen LogP contribution in [-0.4, -0.2) is 23.9 Å². The maximum absolute atomic E-state index is 12.2. The summed E-state index contributed by atoms with van der Waals surface area (Å²) >= 11 is 4.03. The molecule has 3 rings (SSSR count). The van der Waals surface area contributed by atoms with Gasteiger partial charge in [0.05, 0.1) is 6.54 Å². The monoisotopic (exact) mass is 412 g/mol. The number of likely N-dealkylation sites (tertiary alicyclic amines) is 1. The van der Waals surface area contributed by atoms with Crippen LogP contribution in [0.5, 0.6) is 0 Å². The fraction of sp³-hybridized carbons (Fsp3) is 0.312. The molecule has 1 N–H and O–H groups in total. The lowest BCUT2D eigenvalue weighted by Crippen LogP contribution is -2.32. The number of nitrogens with zero attached hydrogens (tertiary/aromatic N) is 1. The van der Waals surface area contributed by atoms with Crippen molar-refractivity contribution in [2.24, 2.45) is 0 Å². The summed E-state index contributed by atoms with van der Waals surface area (Å²) in [7, 11) is 0. The summed E-state index contributed by atoms with van der Waals surface area (Å²) < 4.78 is 1.13. The first kappa shape index (κ1) is 15.0. The number of nitrogens with one attached hydrogen (secondary N) is 1. The Kier molecular flexibility index (Phi) is 4.92. The van der Waals surface area contributed by atoms with Gasteiger partial charge in [0.1, 0.15) is 0 Å². The molecule has 0 aliphatic carbocycles. The molecule has 0 spiro atoms. The summed E-state index contributed by atoms with van der Waals surface area (Å²) in [6.45, 7) is 1.47. The van der Waals surface area contributed by atoms with Crippen molar-refractivity contribution in [2.75, 3.05) is 18.4 Å². The number of rotatable bonds is 4. The molecule has 2 aromatic rings. The molecule has 2 heterocycles. The van der Waals surface area contributed by atoms with Gasteiger partial charge in [-0.25, -0.2) is 0 Å². The zero-order valence-electron chi connectivity index (χ0n) is 11.6. The molecule has 1 aliphatic heterocycles. The van der Waals surface area contributed by atoms with Crippen LogP contribution in [0.1, 0.15) is 23.8 Å². The van der Waals surface area contributed by atoms with E-state index >= 15 is 0 Å². The second kappa shape index (κ2) is 6.89. The molecule has 1 fully saturated rings. The molecule has 1 saturated heterocycles. The van der Waals surface area contributed by atoms with E-state index in [1.165, 1.54) is 11.3 Å². The number of anilines is 1. The number of hydrogen-bond acceptors (Lipinski definition) is 3. The first-order valence-electron chi connectivity index (χ1n) is 7.05. The van der Waals surface area contributed by atoms with Crippen LogP contribution in [0.25, 0.3) is 0 Å². The number of carbonyl (C=O) groups is 1. The SMILES string of the molecule is O=C(CN1CCC[C@@H]1c1cccs1)Nc1cccc(I)c1. The lowest BCUT2D eigenvalue weighted by atomic mass is 10.2. The number of carbonyl (C=O) groups excluding carboxylic acids is 1. The summed E-state index contributed by atoms with van der Waals surface area (Å²) in [4.78, 5) is 15.9. The average Bonchev–Trinajstić information content (AvgIpc) is 3.08. The van der Waals surface area contributed by atoms with Gasteiger partial charge in [-0.05, 0) is 71.6 Å². The van der Waals surface area contributed by atoms with Crippen LogP contribution in [0.15, 0.2) is 41.8 Å². The van der Waals surface area contributed by atoms with Crippen molar-refractivity contribution in [3.05, 3.63) is 50.2 Å². The smallest absolute Gasteiger partial charge is 0.238 e. The first-order chi connectivity index (χ1) is 10.2. The Morgan fingerprint density at radius 2 is 2.29 bits per heavy atom. The topological polar surface area (TPSA) is 32.3 Å². The lowest BCUT2D eigenvalue weighted by molar-refractivity contribution is -0.117. The van der Waals surface area contributed by atoms with E-state index in [0.717, 1.165) is 22.2 Å². The zero-order chi connectivity index (χ0) is 14.7. The van der Waals surface area contributed by atoms with Crippen LogP contribution >= 0.6 is 33.9 Å². The predicted molar refractivity (Wildman–Crippen MR) is 95.7 cm³/mol. The van der Waals surface area contributed by atoms with Crippen molar-refractivity contribution in [1.82, 2.24) is 4.90 Å². The molecular weight excluding hydrogens is 395 g/mol. The Labute approximate surface area is 142 Å². The van der Waals surface area contributed by atoms with Gasteiger partial charge in [-0.2, -0.15) is 0 Å². The summed E-state index contributed by atoms with van der Waals surface area (Å²) in [5.41, 5.74) is 0.874. The van der Waals surface area contributed by atoms with Gasteiger partial charge in [0.2, 0.25) is 5.91 Å².